The molecule has 0 saturated heterocycles. The summed E-state index contributed by atoms with van der Waals surface area (Å²) in [5.74, 6) is -0.747. The first-order chi connectivity index (χ1) is 7.45. The third-order valence-corrected chi connectivity index (χ3v) is 4.20. The summed E-state index contributed by atoms with van der Waals surface area (Å²) in [6.07, 6.45) is 9.41. The van der Waals surface area contributed by atoms with Crippen LogP contribution in [0.1, 0.15) is 26.2 Å². The molecule has 0 fully saturated rings. The highest BCUT2D eigenvalue weighted by atomic mass is 35.5. The maximum Gasteiger partial charge on any atom is 0.324 e. The van der Waals surface area contributed by atoms with E-state index in [1.807, 2.05) is 24.5 Å². The summed E-state index contributed by atoms with van der Waals surface area (Å²) in [4.78, 5) is 0. The molecule has 16 heavy (non-hydrogen) atoms. The van der Waals surface area contributed by atoms with E-state index in [4.69, 9.17) is 11.6 Å². The second-order valence-corrected chi connectivity index (χ2v) is 5.72. The maximum atomic E-state index is 13.0. The minimum absolute atomic E-state index is 0.346. The molecule has 4 heteroatoms. The Morgan fingerprint density at radius 3 is 2.81 bits per heavy atom. The molecule has 2 atom stereocenters. The predicted molar refractivity (Wildman–Crippen MR) is 68.3 cm³/mol. The Hall–Kier alpha value is -0.0200. The summed E-state index contributed by atoms with van der Waals surface area (Å²) in [5.41, 5.74) is 1.12. The van der Waals surface area contributed by atoms with Crippen LogP contribution in [0.4, 0.5) is 8.78 Å². The molecule has 0 amide bonds. The van der Waals surface area contributed by atoms with Gasteiger partial charge in [-0.15, -0.1) is 0 Å². The Kier molecular flexibility index (Phi) is 5.32. The van der Waals surface area contributed by atoms with Gasteiger partial charge < -0.3 is 0 Å². The van der Waals surface area contributed by atoms with Crippen LogP contribution in [0, 0.1) is 5.92 Å². The Labute approximate surface area is 105 Å². The summed E-state index contributed by atoms with van der Waals surface area (Å²) in [6, 6.07) is 0. The zero-order valence-corrected chi connectivity index (χ0v) is 11.1. The first kappa shape index (κ1) is 14.0. The molecule has 0 nitrogen and oxygen atoms in total. The second kappa shape index (κ2) is 6.06. The van der Waals surface area contributed by atoms with E-state index in [1.54, 1.807) is 11.8 Å². The third kappa shape index (κ3) is 4.10. The van der Waals surface area contributed by atoms with E-state index in [-0.39, 0.29) is 0 Å². The van der Waals surface area contributed by atoms with Gasteiger partial charge in [-0.05, 0) is 49.6 Å². The van der Waals surface area contributed by atoms with Crippen LogP contribution < -0.4 is 0 Å². The van der Waals surface area contributed by atoms with Crippen molar-refractivity contribution in [3.8, 4) is 0 Å². The topological polar surface area (TPSA) is 0 Å². The van der Waals surface area contributed by atoms with Crippen molar-refractivity contribution in [3.63, 3.8) is 0 Å². The van der Waals surface area contributed by atoms with Crippen molar-refractivity contribution >= 4 is 23.4 Å². The van der Waals surface area contributed by atoms with Gasteiger partial charge in [-0.1, -0.05) is 18.2 Å². The van der Waals surface area contributed by atoms with Gasteiger partial charge in [0.15, 0.2) is 0 Å². The fourth-order valence-electron chi connectivity index (χ4n) is 1.72. The number of hydrogen-bond acceptors (Lipinski definition) is 1. The van der Waals surface area contributed by atoms with E-state index in [0.717, 1.165) is 5.57 Å². The molecule has 0 spiro atoms. The van der Waals surface area contributed by atoms with Crippen LogP contribution >= 0.6 is 23.4 Å². The van der Waals surface area contributed by atoms with E-state index < -0.39 is 11.3 Å². The molecular formula is C12H17ClF2S. The molecular weight excluding hydrogens is 250 g/mol. The monoisotopic (exact) mass is 266 g/mol. The molecule has 0 aromatic heterocycles. The summed E-state index contributed by atoms with van der Waals surface area (Å²) in [6.45, 7) is 2.08. The largest absolute Gasteiger partial charge is 0.324 e. The Bertz CT molecular complexity index is 281. The summed E-state index contributed by atoms with van der Waals surface area (Å²) in [5, 5.41) is -2.74. The highest BCUT2D eigenvalue weighted by molar-refractivity contribution is 7.99. The van der Waals surface area contributed by atoms with Gasteiger partial charge in [0.1, 0.15) is 0 Å². The molecule has 0 N–H and O–H groups in total. The van der Waals surface area contributed by atoms with E-state index in [2.05, 4.69) is 6.92 Å². The van der Waals surface area contributed by atoms with Crippen molar-refractivity contribution in [1.29, 1.82) is 0 Å². The van der Waals surface area contributed by atoms with Crippen LogP contribution in [0.5, 0.6) is 0 Å². The molecule has 0 aliphatic heterocycles. The number of hydrogen-bond donors (Lipinski definition) is 0. The van der Waals surface area contributed by atoms with Gasteiger partial charge in [0, 0.05) is 11.2 Å². The van der Waals surface area contributed by atoms with Gasteiger partial charge in [-0.25, -0.2) is 0 Å². The highest BCUT2D eigenvalue weighted by Crippen LogP contribution is 2.36. The van der Waals surface area contributed by atoms with E-state index in [0.29, 0.717) is 24.5 Å². The van der Waals surface area contributed by atoms with Gasteiger partial charge in [-0.2, -0.15) is 20.5 Å². The molecule has 1 rings (SSSR count). The summed E-state index contributed by atoms with van der Waals surface area (Å²) >= 11 is 6.82. The summed E-state index contributed by atoms with van der Waals surface area (Å²) in [7, 11) is 0. The fourth-order valence-corrected chi connectivity index (χ4v) is 2.36. The molecule has 0 aromatic rings. The SMILES string of the molecule is CSC(C)C1=CCC(C(F)(F)Cl)CCC=C1. The van der Waals surface area contributed by atoms with Crippen LogP contribution in [0.25, 0.3) is 0 Å². The van der Waals surface area contributed by atoms with Gasteiger partial charge in [0.2, 0.25) is 0 Å². The van der Waals surface area contributed by atoms with E-state index in [1.165, 1.54) is 0 Å². The van der Waals surface area contributed by atoms with Crippen LogP contribution in [-0.4, -0.2) is 16.9 Å². The zero-order valence-electron chi connectivity index (χ0n) is 9.55. The molecule has 0 bridgehead atoms. The van der Waals surface area contributed by atoms with Gasteiger partial charge in [0.05, 0.1) is 0 Å². The van der Waals surface area contributed by atoms with Crippen LogP contribution in [-0.2, 0) is 0 Å². The number of thioether (sulfide) groups is 1. The molecule has 2 unspecified atom stereocenters. The lowest BCUT2D eigenvalue weighted by Crippen LogP contribution is -2.21. The van der Waals surface area contributed by atoms with Crippen molar-refractivity contribution in [2.24, 2.45) is 5.92 Å². The van der Waals surface area contributed by atoms with Crippen molar-refractivity contribution in [2.45, 2.75) is 36.8 Å². The van der Waals surface area contributed by atoms with Crippen molar-refractivity contribution in [3.05, 3.63) is 23.8 Å². The number of allylic oxidation sites excluding steroid dienone is 3. The van der Waals surface area contributed by atoms with Crippen molar-refractivity contribution < 1.29 is 8.78 Å². The Morgan fingerprint density at radius 1 is 1.56 bits per heavy atom. The molecule has 0 saturated carbocycles. The van der Waals surface area contributed by atoms with Gasteiger partial charge >= 0.3 is 5.38 Å². The minimum Gasteiger partial charge on any atom is -0.188 e. The fraction of sp³-hybridized carbons (Fsp3) is 0.667. The molecule has 0 aromatic carbocycles. The average Bonchev–Trinajstić information content (AvgIpc) is 2.14. The van der Waals surface area contributed by atoms with Gasteiger partial charge in [-0.3, -0.25) is 0 Å². The lowest BCUT2D eigenvalue weighted by molar-refractivity contribution is 0.0260. The molecule has 0 radical (unpaired) electrons. The molecule has 1 aliphatic carbocycles. The van der Waals surface area contributed by atoms with Crippen molar-refractivity contribution in [1.82, 2.24) is 0 Å². The molecule has 1 aliphatic rings. The Morgan fingerprint density at radius 2 is 2.25 bits per heavy atom. The predicted octanol–water partition coefficient (Wildman–Crippen LogP) is 4.85. The van der Waals surface area contributed by atoms with Crippen LogP contribution in [0.2, 0.25) is 0 Å². The lowest BCUT2D eigenvalue weighted by atomic mass is 9.94. The highest BCUT2D eigenvalue weighted by Gasteiger charge is 2.35. The van der Waals surface area contributed by atoms with Gasteiger partial charge in [0.25, 0.3) is 0 Å². The average molecular weight is 267 g/mol. The molecule has 92 valence electrons. The first-order valence-electron chi connectivity index (χ1n) is 5.41. The normalized spacial score (nSPS) is 24.6. The maximum absolute atomic E-state index is 13.0. The van der Waals surface area contributed by atoms with E-state index >= 15 is 0 Å². The van der Waals surface area contributed by atoms with E-state index in [9.17, 15) is 8.78 Å². The standard InChI is InChI=1S/C12H17ClF2S/c1-9(16-2)10-5-3-4-6-11(8-7-10)12(13,14)15/h3,5,7,9,11H,4,6,8H2,1-2H3. The lowest BCUT2D eigenvalue weighted by Gasteiger charge is -2.22. The number of rotatable bonds is 3. The van der Waals surface area contributed by atoms with Crippen LogP contribution in [0.15, 0.2) is 23.8 Å². The number of alkyl halides is 3. The quantitative estimate of drug-likeness (QED) is 0.658. The zero-order chi connectivity index (χ0) is 12.2. The number of halogens is 3. The second-order valence-electron chi connectivity index (χ2n) is 4.04. The molecule has 0 heterocycles. The van der Waals surface area contributed by atoms with Crippen LogP contribution in [0.3, 0.4) is 0 Å². The van der Waals surface area contributed by atoms with Crippen molar-refractivity contribution in [2.75, 3.05) is 6.26 Å². The smallest absolute Gasteiger partial charge is 0.188 e. The Balaban J connectivity index is 2.75. The first-order valence-corrected chi connectivity index (χ1v) is 7.08. The summed E-state index contributed by atoms with van der Waals surface area (Å²) < 4.78 is 26.1. The minimum atomic E-state index is -3.09. The third-order valence-electron chi connectivity index (χ3n) is 2.92.